The highest BCUT2D eigenvalue weighted by Gasteiger charge is 2.25. The normalized spacial score (nSPS) is 22.5. The first-order chi connectivity index (χ1) is 11.7. The molecular formula is C19H28N2O3. The van der Waals surface area contributed by atoms with E-state index in [2.05, 4.69) is 10.2 Å². The van der Waals surface area contributed by atoms with Crippen LogP contribution < -0.4 is 10.1 Å². The number of carbonyl (C=O) groups excluding carboxylic acids is 1. The fourth-order valence-corrected chi connectivity index (χ4v) is 3.62. The first kappa shape index (κ1) is 17.2. The SMILES string of the molecule is COc1ccc(C(=O)NC2CCN(C[C@H]3CCCO3)CC2)cc1C. The summed E-state index contributed by atoms with van der Waals surface area (Å²) in [4.78, 5) is 14.9. The lowest BCUT2D eigenvalue weighted by Gasteiger charge is -2.33. The average Bonchev–Trinajstić information content (AvgIpc) is 3.09. The molecule has 0 aromatic heterocycles. The molecule has 1 N–H and O–H groups in total. The zero-order chi connectivity index (χ0) is 16.9. The van der Waals surface area contributed by atoms with E-state index in [0.717, 1.165) is 50.4 Å². The summed E-state index contributed by atoms with van der Waals surface area (Å²) in [5.74, 6) is 0.826. The number of nitrogens with zero attached hydrogens (tertiary/aromatic N) is 1. The highest BCUT2D eigenvalue weighted by atomic mass is 16.5. The van der Waals surface area contributed by atoms with Crippen LogP contribution in [0.2, 0.25) is 0 Å². The smallest absolute Gasteiger partial charge is 0.251 e. The largest absolute Gasteiger partial charge is 0.496 e. The second-order valence-electron chi connectivity index (χ2n) is 6.87. The highest BCUT2D eigenvalue weighted by Crippen LogP contribution is 2.20. The van der Waals surface area contributed by atoms with Crippen molar-refractivity contribution in [1.82, 2.24) is 10.2 Å². The van der Waals surface area contributed by atoms with Crippen LogP contribution in [0, 0.1) is 6.92 Å². The third-order valence-corrected chi connectivity index (χ3v) is 5.07. The van der Waals surface area contributed by atoms with Crippen molar-refractivity contribution in [3.8, 4) is 5.75 Å². The van der Waals surface area contributed by atoms with Crippen molar-refractivity contribution in [2.45, 2.75) is 44.8 Å². The Balaban J connectivity index is 1.46. The molecule has 1 amide bonds. The molecule has 0 radical (unpaired) electrons. The molecule has 2 heterocycles. The van der Waals surface area contributed by atoms with Crippen LogP contribution in [0.1, 0.15) is 41.6 Å². The van der Waals surface area contributed by atoms with E-state index in [-0.39, 0.29) is 11.9 Å². The van der Waals surface area contributed by atoms with Crippen LogP contribution in [0.4, 0.5) is 0 Å². The van der Waals surface area contributed by atoms with Crippen LogP contribution in [-0.2, 0) is 4.74 Å². The standard InChI is InChI=1S/C19H28N2O3/c1-14-12-15(5-6-18(14)23-2)19(22)20-16-7-9-21(10-8-16)13-17-4-3-11-24-17/h5-6,12,16-17H,3-4,7-11,13H2,1-2H3,(H,20,22)/t17-/m1/s1. The predicted octanol–water partition coefficient (Wildman–Crippen LogP) is 2.38. The van der Waals surface area contributed by atoms with E-state index >= 15 is 0 Å². The Labute approximate surface area is 144 Å². The number of rotatable bonds is 5. The van der Waals surface area contributed by atoms with Crippen molar-refractivity contribution in [2.75, 3.05) is 33.4 Å². The number of likely N-dealkylation sites (tertiary alicyclic amines) is 1. The number of benzene rings is 1. The van der Waals surface area contributed by atoms with Gasteiger partial charge in [0.2, 0.25) is 0 Å². The van der Waals surface area contributed by atoms with Gasteiger partial charge >= 0.3 is 0 Å². The maximum Gasteiger partial charge on any atom is 0.251 e. The topological polar surface area (TPSA) is 50.8 Å². The van der Waals surface area contributed by atoms with Crippen molar-refractivity contribution >= 4 is 5.91 Å². The monoisotopic (exact) mass is 332 g/mol. The number of aryl methyl sites for hydroxylation is 1. The minimum atomic E-state index is 0.0123. The number of methoxy groups -OCH3 is 1. The molecule has 0 spiro atoms. The van der Waals surface area contributed by atoms with Gasteiger partial charge in [-0.1, -0.05) is 0 Å². The summed E-state index contributed by atoms with van der Waals surface area (Å²) in [7, 11) is 1.65. The maximum absolute atomic E-state index is 12.4. The van der Waals surface area contributed by atoms with Gasteiger partial charge in [-0.2, -0.15) is 0 Å². The molecule has 2 fully saturated rings. The second kappa shape index (κ2) is 7.99. The van der Waals surface area contributed by atoms with Crippen molar-refractivity contribution in [3.63, 3.8) is 0 Å². The number of amides is 1. The van der Waals surface area contributed by atoms with E-state index < -0.39 is 0 Å². The van der Waals surface area contributed by atoms with Gasteiger partial charge < -0.3 is 19.7 Å². The number of ether oxygens (including phenoxy) is 2. The number of nitrogens with one attached hydrogen (secondary N) is 1. The summed E-state index contributed by atoms with van der Waals surface area (Å²) in [5.41, 5.74) is 1.69. The molecule has 24 heavy (non-hydrogen) atoms. The zero-order valence-corrected chi connectivity index (χ0v) is 14.7. The molecule has 0 saturated carbocycles. The Morgan fingerprint density at radius 3 is 2.75 bits per heavy atom. The van der Waals surface area contributed by atoms with Crippen LogP contribution in [0.15, 0.2) is 18.2 Å². The number of hydrogen-bond donors (Lipinski definition) is 1. The molecule has 2 saturated heterocycles. The van der Waals surface area contributed by atoms with E-state index in [0.29, 0.717) is 11.7 Å². The van der Waals surface area contributed by atoms with E-state index in [1.807, 2.05) is 25.1 Å². The lowest BCUT2D eigenvalue weighted by Crippen LogP contribution is -2.46. The van der Waals surface area contributed by atoms with Crippen LogP contribution >= 0.6 is 0 Å². The highest BCUT2D eigenvalue weighted by molar-refractivity contribution is 5.94. The van der Waals surface area contributed by atoms with Crippen molar-refractivity contribution in [3.05, 3.63) is 29.3 Å². The molecule has 1 aromatic carbocycles. The van der Waals surface area contributed by atoms with Gasteiger partial charge in [0.1, 0.15) is 5.75 Å². The van der Waals surface area contributed by atoms with E-state index in [1.165, 1.54) is 12.8 Å². The van der Waals surface area contributed by atoms with Gasteiger partial charge in [-0.05, 0) is 56.4 Å². The fourth-order valence-electron chi connectivity index (χ4n) is 3.62. The second-order valence-corrected chi connectivity index (χ2v) is 6.87. The molecule has 3 rings (SSSR count). The van der Waals surface area contributed by atoms with Gasteiger partial charge in [0, 0.05) is 37.8 Å². The predicted molar refractivity (Wildman–Crippen MR) is 93.6 cm³/mol. The van der Waals surface area contributed by atoms with Crippen LogP contribution in [0.3, 0.4) is 0 Å². The van der Waals surface area contributed by atoms with Crippen LogP contribution in [0.25, 0.3) is 0 Å². The number of carbonyl (C=O) groups is 1. The van der Waals surface area contributed by atoms with Crippen molar-refractivity contribution in [2.24, 2.45) is 0 Å². The van der Waals surface area contributed by atoms with E-state index in [1.54, 1.807) is 7.11 Å². The molecular weight excluding hydrogens is 304 g/mol. The minimum absolute atomic E-state index is 0.0123. The summed E-state index contributed by atoms with van der Waals surface area (Å²) < 4.78 is 11.0. The zero-order valence-electron chi connectivity index (χ0n) is 14.7. The Morgan fingerprint density at radius 2 is 2.12 bits per heavy atom. The third kappa shape index (κ3) is 4.28. The van der Waals surface area contributed by atoms with Gasteiger partial charge in [-0.15, -0.1) is 0 Å². The van der Waals surface area contributed by atoms with Gasteiger partial charge in [0.25, 0.3) is 5.91 Å². The summed E-state index contributed by atoms with van der Waals surface area (Å²) in [5, 5.41) is 3.18. The summed E-state index contributed by atoms with van der Waals surface area (Å²) in [6, 6.07) is 5.84. The minimum Gasteiger partial charge on any atom is -0.496 e. The lowest BCUT2D eigenvalue weighted by molar-refractivity contribution is 0.0613. The van der Waals surface area contributed by atoms with Crippen molar-refractivity contribution in [1.29, 1.82) is 0 Å². The van der Waals surface area contributed by atoms with Gasteiger partial charge in [0.15, 0.2) is 0 Å². The lowest BCUT2D eigenvalue weighted by atomic mass is 10.0. The van der Waals surface area contributed by atoms with E-state index in [4.69, 9.17) is 9.47 Å². The molecule has 0 aliphatic carbocycles. The number of hydrogen-bond acceptors (Lipinski definition) is 4. The molecule has 1 atom stereocenters. The molecule has 0 unspecified atom stereocenters. The van der Waals surface area contributed by atoms with Gasteiger partial charge in [-0.25, -0.2) is 0 Å². The summed E-state index contributed by atoms with van der Waals surface area (Å²) in [6.45, 7) is 5.98. The third-order valence-electron chi connectivity index (χ3n) is 5.07. The van der Waals surface area contributed by atoms with Crippen LogP contribution in [0.5, 0.6) is 5.75 Å². The van der Waals surface area contributed by atoms with Crippen molar-refractivity contribution < 1.29 is 14.3 Å². The molecule has 5 heteroatoms. The Kier molecular flexibility index (Phi) is 5.74. The Morgan fingerprint density at radius 1 is 1.33 bits per heavy atom. The summed E-state index contributed by atoms with van der Waals surface area (Å²) >= 11 is 0. The Bertz CT molecular complexity index is 562. The molecule has 0 bridgehead atoms. The molecule has 2 aliphatic rings. The first-order valence-corrected chi connectivity index (χ1v) is 8.95. The van der Waals surface area contributed by atoms with Crippen LogP contribution in [-0.4, -0.2) is 56.3 Å². The number of piperidine rings is 1. The first-order valence-electron chi connectivity index (χ1n) is 8.95. The molecule has 132 valence electrons. The van der Waals surface area contributed by atoms with Gasteiger partial charge in [0.05, 0.1) is 13.2 Å². The quantitative estimate of drug-likeness (QED) is 0.899. The average molecular weight is 332 g/mol. The maximum atomic E-state index is 12.4. The molecule has 5 nitrogen and oxygen atoms in total. The van der Waals surface area contributed by atoms with E-state index in [9.17, 15) is 4.79 Å². The Hall–Kier alpha value is -1.59. The fraction of sp³-hybridized carbons (Fsp3) is 0.632. The summed E-state index contributed by atoms with van der Waals surface area (Å²) in [6.07, 6.45) is 4.81. The molecule has 1 aromatic rings. The molecule has 2 aliphatic heterocycles. The van der Waals surface area contributed by atoms with Gasteiger partial charge in [-0.3, -0.25) is 4.79 Å².